The molecule has 2 aromatic rings. The number of rotatable bonds is 3. The Kier molecular flexibility index (Phi) is 4.53. The average Bonchev–Trinajstić information content (AvgIpc) is 2.96. The van der Waals surface area contributed by atoms with Crippen molar-refractivity contribution < 1.29 is 24.4 Å². The summed E-state index contributed by atoms with van der Waals surface area (Å²) in [5.74, 6) is -0.760. The van der Waals surface area contributed by atoms with Crippen LogP contribution in [0.1, 0.15) is 0 Å². The van der Waals surface area contributed by atoms with Crippen molar-refractivity contribution in [3.05, 3.63) is 30.5 Å². The quantitative estimate of drug-likeness (QED) is 0.684. The van der Waals surface area contributed by atoms with Gasteiger partial charge in [0, 0.05) is 24.6 Å². The van der Waals surface area contributed by atoms with Crippen LogP contribution in [-0.4, -0.2) is 59.6 Å². The predicted octanol–water partition coefficient (Wildman–Crippen LogP) is 0.156. The number of nitrogens with zero attached hydrogens (tertiary/aromatic N) is 3. The second-order valence-corrected chi connectivity index (χ2v) is 6.39. The van der Waals surface area contributed by atoms with Crippen LogP contribution in [0.5, 0.6) is 5.75 Å². The first-order valence-electron chi connectivity index (χ1n) is 6.93. The molecule has 0 unspecified atom stereocenters. The Balaban J connectivity index is 1.76. The van der Waals surface area contributed by atoms with Gasteiger partial charge in [-0.05, 0) is 12.1 Å². The SMILES string of the molecule is Cn1cc(-c2ccc(O[C@@H]3SC[C@@H](O)[C@H](O)[C@H]3O)c(F)n2)cn1. The van der Waals surface area contributed by atoms with Gasteiger partial charge in [-0.25, -0.2) is 4.98 Å². The van der Waals surface area contributed by atoms with Gasteiger partial charge >= 0.3 is 0 Å². The Labute approximate surface area is 135 Å². The number of hydrogen-bond donors (Lipinski definition) is 3. The summed E-state index contributed by atoms with van der Waals surface area (Å²) in [7, 11) is 1.75. The van der Waals surface area contributed by atoms with Gasteiger partial charge in [-0.15, -0.1) is 11.8 Å². The Hall–Kier alpha value is -1.68. The van der Waals surface area contributed by atoms with Crippen molar-refractivity contribution in [2.45, 2.75) is 23.7 Å². The van der Waals surface area contributed by atoms with Gasteiger partial charge in [0.2, 0.25) is 0 Å². The first-order chi connectivity index (χ1) is 11.0. The van der Waals surface area contributed by atoms with Crippen LogP contribution in [-0.2, 0) is 7.05 Å². The lowest BCUT2D eigenvalue weighted by molar-refractivity contribution is -0.0790. The van der Waals surface area contributed by atoms with Crippen LogP contribution in [0, 0.1) is 5.95 Å². The molecule has 1 aliphatic heterocycles. The zero-order valence-corrected chi connectivity index (χ0v) is 13.0. The highest BCUT2D eigenvalue weighted by Gasteiger charge is 2.39. The fourth-order valence-corrected chi connectivity index (χ4v) is 3.35. The molecule has 0 radical (unpaired) electrons. The molecule has 3 heterocycles. The molecule has 7 nitrogen and oxygen atoms in total. The van der Waals surface area contributed by atoms with Crippen LogP contribution < -0.4 is 4.74 Å². The maximum absolute atomic E-state index is 14.1. The lowest BCUT2D eigenvalue weighted by Crippen LogP contribution is -2.50. The molecule has 3 N–H and O–H groups in total. The van der Waals surface area contributed by atoms with Crippen LogP contribution in [0.2, 0.25) is 0 Å². The van der Waals surface area contributed by atoms with E-state index in [0.717, 1.165) is 11.8 Å². The molecule has 0 spiro atoms. The minimum atomic E-state index is -1.33. The van der Waals surface area contributed by atoms with E-state index in [-0.39, 0.29) is 11.5 Å². The Morgan fingerprint density at radius 2 is 2.09 bits per heavy atom. The van der Waals surface area contributed by atoms with Crippen molar-refractivity contribution >= 4 is 11.8 Å². The second kappa shape index (κ2) is 6.44. The van der Waals surface area contributed by atoms with Gasteiger partial charge in [0.05, 0.1) is 18.0 Å². The first-order valence-corrected chi connectivity index (χ1v) is 7.98. The summed E-state index contributed by atoms with van der Waals surface area (Å²) < 4.78 is 21.1. The minimum absolute atomic E-state index is 0.127. The zero-order valence-electron chi connectivity index (χ0n) is 12.2. The molecule has 1 saturated heterocycles. The molecule has 0 amide bonds. The fourth-order valence-electron chi connectivity index (χ4n) is 2.23. The van der Waals surface area contributed by atoms with E-state index >= 15 is 0 Å². The molecule has 3 rings (SSSR count). The molecular weight excluding hydrogens is 325 g/mol. The number of aliphatic hydroxyl groups excluding tert-OH is 3. The Morgan fingerprint density at radius 1 is 1.30 bits per heavy atom. The molecule has 1 aliphatic rings. The highest BCUT2D eigenvalue weighted by atomic mass is 32.2. The van der Waals surface area contributed by atoms with E-state index in [2.05, 4.69) is 10.1 Å². The lowest BCUT2D eigenvalue weighted by Gasteiger charge is -2.34. The summed E-state index contributed by atoms with van der Waals surface area (Å²) in [5.41, 5.74) is 0.202. The molecule has 4 atom stereocenters. The maximum atomic E-state index is 14.1. The third-order valence-corrected chi connectivity index (χ3v) is 4.75. The summed E-state index contributed by atoms with van der Waals surface area (Å²) in [4.78, 5) is 3.83. The predicted molar refractivity (Wildman–Crippen MR) is 81.3 cm³/mol. The molecular formula is C14H16FN3O4S. The van der Waals surface area contributed by atoms with E-state index in [0.29, 0.717) is 11.3 Å². The van der Waals surface area contributed by atoms with Crippen LogP contribution in [0.3, 0.4) is 0 Å². The van der Waals surface area contributed by atoms with Gasteiger partial charge in [-0.3, -0.25) is 4.68 Å². The van der Waals surface area contributed by atoms with Gasteiger partial charge < -0.3 is 20.1 Å². The zero-order chi connectivity index (χ0) is 16.6. The van der Waals surface area contributed by atoms with E-state index in [1.165, 1.54) is 6.07 Å². The molecule has 0 saturated carbocycles. The third-order valence-electron chi connectivity index (χ3n) is 3.51. The largest absolute Gasteiger partial charge is 0.472 e. The summed E-state index contributed by atoms with van der Waals surface area (Å²) in [5, 5.41) is 33.0. The van der Waals surface area contributed by atoms with Crippen molar-refractivity contribution in [3.8, 4) is 17.0 Å². The molecule has 0 aromatic carbocycles. The van der Waals surface area contributed by atoms with Crippen molar-refractivity contribution in [3.63, 3.8) is 0 Å². The van der Waals surface area contributed by atoms with E-state index in [1.54, 1.807) is 30.2 Å². The first kappa shape index (κ1) is 16.2. The number of halogens is 1. The van der Waals surface area contributed by atoms with Gasteiger partial charge in [0.25, 0.3) is 5.95 Å². The second-order valence-electron chi connectivity index (χ2n) is 5.26. The number of thioether (sulfide) groups is 1. The number of aromatic nitrogens is 3. The normalized spacial score (nSPS) is 27.9. The number of hydrogen-bond acceptors (Lipinski definition) is 7. The average molecular weight is 341 g/mol. The summed E-state index contributed by atoms with van der Waals surface area (Å²) >= 11 is 1.10. The standard InChI is InChI=1S/C14H16FN3O4S/c1-18-5-7(4-16-18)8-2-3-10(13(15)17-8)22-14-12(21)11(20)9(19)6-23-14/h2-5,9,11-12,14,19-21H,6H2,1H3/t9-,11+,12-,14-/m1/s1. The van der Waals surface area contributed by atoms with Crippen molar-refractivity contribution in [1.82, 2.24) is 14.8 Å². The van der Waals surface area contributed by atoms with Gasteiger partial charge in [0.1, 0.15) is 12.2 Å². The Bertz CT molecular complexity index is 698. The number of ether oxygens (including phenoxy) is 1. The molecule has 0 bridgehead atoms. The van der Waals surface area contributed by atoms with Crippen LogP contribution in [0.15, 0.2) is 24.5 Å². The summed E-state index contributed by atoms with van der Waals surface area (Å²) in [6.07, 6.45) is -0.402. The van der Waals surface area contributed by atoms with Gasteiger partial charge in [0.15, 0.2) is 11.2 Å². The van der Waals surface area contributed by atoms with E-state index in [1.807, 2.05) is 0 Å². The van der Waals surface area contributed by atoms with Crippen molar-refractivity contribution in [2.75, 3.05) is 5.75 Å². The molecule has 9 heteroatoms. The Morgan fingerprint density at radius 3 is 2.74 bits per heavy atom. The van der Waals surface area contributed by atoms with E-state index in [9.17, 15) is 19.7 Å². The number of pyridine rings is 1. The highest BCUT2D eigenvalue weighted by Crippen LogP contribution is 2.30. The van der Waals surface area contributed by atoms with Crippen molar-refractivity contribution in [1.29, 1.82) is 0 Å². The summed E-state index contributed by atoms with van der Waals surface area (Å²) in [6, 6.07) is 3.00. The third kappa shape index (κ3) is 3.32. The molecule has 124 valence electrons. The molecule has 0 aliphatic carbocycles. The topological polar surface area (TPSA) is 101 Å². The van der Waals surface area contributed by atoms with Crippen LogP contribution >= 0.6 is 11.8 Å². The monoisotopic (exact) mass is 341 g/mol. The minimum Gasteiger partial charge on any atom is -0.472 e. The molecule has 23 heavy (non-hydrogen) atoms. The smallest absolute Gasteiger partial charge is 0.255 e. The number of aryl methyl sites for hydroxylation is 1. The van der Waals surface area contributed by atoms with E-state index in [4.69, 9.17) is 4.74 Å². The highest BCUT2D eigenvalue weighted by molar-refractivity contribution is 7.99. The lowest BCUT2D eigenvalue weighted by atomic mass is 10.1. The number of aliphatic hydroxyl groups is 3. The molecule has 1 fully saturated rings. The van der Waals surface area contributed by atoms with Gasteiger partial charge in [-0.1, -0.05) is 0 Å². The van der Waals surface area contributed by atoms with Crippen LogP contribution in [0.25, 0.3) is 11.3 Å². The van der Waals surface area contributed by atoms with Crippen LogP contribution in [0.4, 0.5) is 4.39 Å². The fraction of sp³-hybridized carbons (Fsp3) is 0.429. The maximum Gasteiger partial charge on any atom is 0.255 e. The van der Waals surface area contributed by atoms with E-state index < -0.39 is 29.7 Å². The summed E-state index contributed by atoms with van der Waals surface area (Å²) in [6.45, 7) is 0. The van der Waals surface area contributed by atoms with Gasteiger partial charge in [-0.2, -0.15) is 9.49 Å². The van der Waals surface area contributed by atoms with Crippen molar-refractivity contribution in [2.24, 2.45) is 7.05 Å². The molecule has 2 aromatic heterocycles.